The number of alkyl halides is 3. The Balaban J connectivity index is 1.68. The maximum absolute atomic E-state index is 13.2. The van der Waals surface area contributed by atoms with Crippen LogP contribution >= 0.6 is 0 Å². The Kier molecular flexibility index (Phi) is 6.92. The largest absolute Gasteiger partial charge is 0.416 e. The van der Waals surface area contributed by atoms with E-state index in [1.54, 1.807) is 17.9 Å². The zero-order chi connectivity index (χ0) is 24.5. The van der Waals surface area contributed by atoms with E-state index in [1.807, 2.05) is 18.7 Å². The number of hydrogen-bond acceptors (Lipinski definition) is 7. The van der Waals surface area contributed by atoms with Crippen LogP contribution in [0.3, 0.4) is 0 Å². The van der Waals surface area contributed by atoms with Crippen molar-refractivity contribution in [2.24, 2.45) is 0 Å². The van der Waals surface area contributed by atoms with Gasteiger partial charge in [0.25, 0.3) is 0 Å². The quantitative estimate of drug-likeness (QED) is 0.712. The van der Waals surface area contributed by atoms with Gasteiger partial charge in [-0.05, 0) is 38.8 Å². The number of rotatable bonds is 4. The molecule has 0 radical (unpaired) electrons. The van der Waals surface area contributed by atoms with E-state index in [0.717, 1.165) is 36.9 Å². The number of morpholine rings is 1. The van der Waals surface area contributed by atoms with Gasteiger partial charge in [0.2, 0.25) is 11.9 Å². The van der Waals surface area contributed by atoms with Crippen LogP contribution in [0.5, 0.6) is 0 Å². The summed E-state index contributed by atoms with van der Waals surface area (Å²) in [5.74, 6) is 0.905. The number of aromatic nitrogens is 3. The minimum Gasteiger partial charge on any atom is -0.372 e. The monoisotopic (exact) mass is 478 g/mol. The average molecular weight is 479 g/mol. The Hall–Kier alpha value is -2.95. The average Bonchev–Trinajstić information content (AvgIpc) is 2.78. The van der Waals surface area contributed by atoms with Gasteiger partial charge in [-0.15, -0.1) is 0 Å². The first-order valence-electron chi connectivity index (χ1n) is 11.4. The highest BCUT2D eigenvalue weighted by Gasteiger charge is 2.31. The van der Waals surface area contributed by atoms with Gasteiger partial charge in [-0.1, -0.05) is 0 Å². The highest BCUT2D eigenvalue weighted by Crippen LogP contribution is 2.32. The molecule has 0 spiro atoms. The summed E-state index contributed by atoms with van der Waals surface area (Å²) >= 11 is 0. The van der Waals surface area contributed by atoms with Crippen LogP contribution in [0, 0.1) is 0 Å². The van der Waals surface area contributed by atoms with E-state index in [0.29, 0.717) is 37.9 Å². The molecule has 2 aliphatic rings. The number of amides is 1. The van der Waals surface area contributed by atoms with Crippen LogP contribution in [0.4, 0.5) is 30.8 Å². The van der Waals surface area contributed by atoms with Crippen LogP contribution < -0.4 is 10.2 Å². The van der Waals surface area contributed by atoms with Gasteiger partial charge in [0.05, 0.1) is 23.5 Å². The van der Waals surface area contributed by atoms with Crippen molar-refractivity contribution in [1.29, 1.82) is 0 Å². The SMILES string of the molecule is CC(=O)N1CCCC(c2cc(Nc3cc(C(F)(F)F)ccn3)nc(N3CC(C)OC(C)C3)n2)C1. The maximum Gasteiger partial charge on any atom is 0.416 e. The Morgan fingerprint density at radius 3 is 2.53 bits per heavy atom. The summed E-state index contributed by atoms with van der Waals surface area (Å²) in [5.41, 5.74) is -0.0445. The lowest BCUT2D eigenvalue weighted by Gasteiger charge is -2.36. The van der Waals surface area contributed by atoms with Crippen LogP contribution in [-0.2, 0) is 15.7 Å². The Bertz CT molecular complexity index is 1020. The number of nitrogens with one attached hydrogen (secondary N) is 1. The number of halogens is 3. The van der Waals surface area contributed by atoms with Crippen molar-refractivity contribution < 1.29 is 22.7 Å². The number of hydrogen-bond donors (Lipinski definition) is 1. The summed E-state index contributed by atoms with van der Waals surface area (Å²) < 4.78 is 45.3. The molecule has 4 heterocycles. The van der Waals surface area contributed by atoms with Crippen molar-refractivity contribution in [3.05, 3.63) is 35.7 Å². The Morgan fingerprint density at radius 2 is 1.85 bits per heavy atom. The van der Waals surface area contributed by atoms with Gasteiger partial charge in [-0.3, -0.25) is 4.79 Å². The first-order valence-corrected chi connectivity index (χ1v) is 11.4. The first kappa shape index (κ1) is 24.2. The second kappa shape index (κ2) is 9.73. The van der Waals surface area contributed by atoms with Crippen molar-refractivity contribution in [2.45, 2.75) is 57.9 Å². The minimum absolute atomic E-state index is 0.00491. The van der Waals surface area contributed by atoms with Crippen molar-refractivity contribution >= 4 is 23.5 Å². The van der Waals surface area contributed by atoms with Gasteiger partial charge in [0.1, 0.15) is 11.6 Å². The van der Waals surface area contributed by atoms with E-state index in [1.165, 1.54) is 0 Å². The van der Waals surface area contributed by atoms with Crippen LogP contribution in [0.25, 0.3) is 0 Å². The molecule has 0 saturated carbocycles. The summed E-state index contributed by atoms with van der Waals surface area (Å²) in [4.78, 5) is 29.2. The van der Waals surface area contributed by atoms with E-state index in [4.69, 9.17) is 9.72 Å². The molecule has 184 valence electrons. The third-order valence-electron chi connectivity index (χ3n) is 6.07. The molecule has 0 aliphatic carbocycles. The smallest absolute Gasteiger partial charge is 0.372 e. The number of piperidine rings is 1. The van der Waals surface area contributed by atoms with Crippen LogP contribution in [0.2, 0.25) is 0 Å². The molecule has 2 saturated heterocycles. The minimum atomic E-state index is -4.47. The second-order valence-electron chi connectivity index (χ2n) is 9.00. The molecule has 2 aromatic rings. The lowest BCUT2D eigenvalue weighted by molar-refractivity contribution is -0.137. The summed E-state index contributed by atoms with van der Waals surface area (Å²) in [6.07, 6.45) is -1.67. The predicted molar refractivity (Wildman–Crippen MR) is 121 cm³/mol. The highest BCUT2D eigenvalue weighted by atomic mass is 19.4. The fourth-order valence-electron chi connectivity index (χ4n) is 4.52. The van der Waals surface area contributed by atoms with Gasteiger partial charge in [-0.25, -0.2) is 9.97 Å². The molecule has 4 rings (SSSR count). The number of carbonyl (C=O) groups excluding carboxylic acids is 1. The van der Waals surface area contributed by atoms with E-state index in [9.17, 15) is 18.0 Å². The third-order valence-corrected chi connectivity index (χ3v) is 6.07. The first-order chi connectivity index (χ1) is 16.1. The number of nitrogens with zero attached hydrogens (tertiary/aromatic N) is 5. The molecular weight excluding hydrogens is 449 g/mol. The van der Waals surface area contributed by atoms with Crippen molar-refractivity contribution in [3.63, 3.8) is 0 Å². The molecule has 0 bridgehead atoms. The topological polar surface area (TPSA) is 83.5 Å². The zero-order valence-electron chi connectivity index (χ0n) is 19.5. The Labute approximate surface area is 196 Å². The normalized spacial score (nSPS) is 23.6. The van der Waals surface area contributed by atoms with Gasteiger partial charge in [0.15, 0.2) is 0 Å². The Morgan fingerprint density at radius 1 is 1.12 bits per heavy atom. The number of likely N-dealkylation sites (tertiary alicyclic amines) is 1. The van der Waals surface area contributed by atoms with Gasteiger partial charge >= 0.3 is 6.18 Å². The highest BCUT2D eigenvalue weighted by molar-refractivity contribution is 5.73. The maximum atomic E-state index is 13.2. The fourth-order valence-corrected chi connectivity index (χ4v) is 4.52. The van der Waals surface area contributed by atoms with E-state index in [2.05, 4.69) is 15.3 Å². The number of anilines is 3. The molecule has 2 aromatic heterocycles. The van der Waals surface area contributed by atoms with Crippen LogP contribution in [0.1, 0.15) is 50.8 Å². The molecule has 1 amide bonds. The van der Waals surface area contributed by atoms with E-state index >= 15 is 0 Å². The predicted octanol–water partition coefficient (Wildman–Crippen LogP) is 3.97. The summed E-state index contributed by atoms with van der Waals surface area (Å²) in [5, 5.41) is 2.93. The molecule has 3 unspecified atom stereocenters. The van der Waals surface area contributed by atoms with Crippen LogP contribution in [-0.4, -0.2) is 64.1 Å². The molecule has 1 N–H and O–H groups in total. The molecule has 11 heteroatoms. The molecule has 0 aromatic carbocycles. The van der Waals surface area contributed by atoms with Crippen LogP contribution in [0.15, 0.2) is 24.4 Å². The number of ether oxygens (including phenoxy) is 1. The van der Waals surface area contributed by atoms with Crippen molar-refractivity contribution in [1.82, 2.24) is 19.9 Å². The molecule has 2 fully saturated rings. The van der Waals surface area contributed by atoms with Gasteiger partial charge in [-0.2, -0.15) is 18.2 Å². The molecule has 34 heavy (non-hydrogen) atoms. The second-order valence-corrected chi connectivity index (χ2v) is 9.00. The number of carbonyl (C=O) groups is 1. The lowest BCUT2D eigenvalue weighted by atomic mass is 9.94. The molecule has 8 nitrogen and oxygen atoms in total. The van der Waals surface area contributed by atoms with E-state index < -0.39 is 11.7 Å². The molecule has 2 aliphatic heterocycles. The summed E-state index contributed by atoms with van der Waals surface area (Å²) in [6.45, 7) is 7.95. The summed E-state index contributed by atoms with van der Waals surface area (Å²) in [7, 11) is 0. The fraction of sp³-hybridized carbons (Fsp3) is 0.565. The molecular formula is C23H29F3N6O2. The lowest BCUT2D eigenvalue weighted by Crippen LogP contribution is -2.46. The zero-order valence-corrected chi connectivity index (χ0v) is 19.5. The standard InChI is InChI=1S/C23H29F3N6O2/c1-14-11-32(12-15(2)34-14)22-28-19(17-5-4-8-31(13-17)16(3)33)10-21(30-22)29-20-9-18(6-7-27-20)23(24,25)26/h6-7,9-10,14-15,17H,4-5,8,11-13H2,1-3H3,(H,27,28,29,30). The molecule has 3 atom stereocenters. The number of pyridine rings is 1. The van der Waals surface area contributed by atoms with E-state index in [-0.39, 0.29) is 29.9 Å². The third kappa shape index (κ3) is 5.75. The van der Waals surface area contributed by atoms with Gasteiger partial charge < -0.3 is 19.9 Å². The van der Waals surface area contributed by atoms with Crippen molar-refractivity contribution in [2.75, 3.05) is 36.4 Å². The summed E-state index contributed by atoms with van der Waals surface area (Å²) in [6, 6.07) is 3.63. The van der Waals surface area contributed by atoms with Crippen molar-refractivity contribution in [3.8, 4) is 0 Å². The van der Waals surface area contributed by atoms with Gasteiger partial charge in [0, 0.05) is 51.3 Å².